The summed E-state index contributed by atoms with van der Waals surface area (Å²) in [6, 6.07) is 12.3. The number of rotatable bonds is 6. The van der Waals surface area contributed by atoms with Crippen molar-refractivity contribution in [2.24, 2.45) is 22.0 Å². The van der Waals surface area contributed by atoms with E-state index in [1.165, 1.54) is 18.3 Å². The van der Waals surface area contributed by atoms with E-state index in [0.717, 1.165) is 16.6 Å². The number of hydrogen-bond acceptors (Lipinski definition) is 6. The molecule has 0 bridgehead atoms. The zero-order valence-electron chi connectivity index (χ0n) is 18.1. The second kappa shape index (κ2) is 9.86. The molecule has 0 unspecified atom stereocenters. The lowest BCUT2D eigenvalue weighted by atomic mass is 10.0. The number of pyridine rings is 1. The van der Waals surface area contributed by atoms with Gasteiger partial charge in [-0.05, 0) is 35.9 Å². The summed E-state index contributed by atoms with van der Waals surface area (Å²) in [5.41, 5.74) is 7.96. The molecule has 5 N–H and O–H groups in total. The fourth-order valence-corrected chi connectivity index (χ4v) is 3.03. The number of halogens is 2. The number of carbonyl (C=O) groups excluding carboxylic acids is 1. The fraction of sp³-hybridized carbons (Fsp3) is 0.130. The molecule has 0 radical (unpaired) electrons. The summed E-state index contributed by atoms with van der Waals surface area (Å²) in [4.78, 5) is 16.2. The lowest BCUT2D eigenvalue weighted by Gasteiger charge is -2.21. The minimum atomic E-state index is -1.15. The van der Waals surface area contributed by atoms with Crippen LogP contribution in [0.25, 0.3) is 11.1 Å². The van der Waals surface area contributed by atoms with Crippen molar-refractivity contribution in [1.29, 1.82) is 0 Å². The van der Waals surface area contributed by atoms with Crippen molar-refractivity contribution in [1.82, 2.24) is 4.98 Å². The first-order valence-corrected chi connectivity index (χ1v) is 9.92. The third kappa shape index (κ3) is 4.95. The van der Waals surface area contributed by atoms with Gasteiger partial charge in [-0.1, -0.05) is 32.0 Å². The van der Waals surface area contributed by atoms with Crippen molar-refractivity contribution in [3.8, 4) is 11.1 Å². The lowest BCUT2D eigenvalue weighted by Crippen LogP contribution is -2.29. The summed E-state index contributed by atoms with van der Waals surface area (Å²) in [5.74, 6) is 3.01. The Bertz CT molecular complexity index is 1230. The molecule has 0 aliphatic rings. The number of nitrogens with one attached hydrogen (secondary N) is 1. The molecule has 3 rings (SSSR count). The van der Waals surface area contributed by atoms with Gasteiger partial charge in [0.25, 0.3) is 0 Å². The van der Waals surface area contributed by atoms with E-state index in [1.54, 1.807) is 38.1 Å². The molecule has 0 fully saturated rings. The van der Waals surface area contributed by atoms with E-state index in [2.05, 4.69) is 27.2 Å². The number of nitrogens with two attached hydrogens (primary N) is 2. The van der Waals surface area contributed by atoms with Crippen molar-refractivity contribution in [2.75, 3.05) is 16.1 Å². The zero-order valence-corrected chi connectivity index (χ0v) is 18.1. The van der Waals surface area contributed by atoms with Gasteiger partial charge in [-0.15, -0.1) is 0 Å². The molecule has 2 aromatic carbocycles. The van der Waals surface area contributed by atoms with Crippen LogP contribution in [0.5, 0.6) is 0 Å². The average molecular weight is 451 g/mol. The minimum absolute atomic E-state index is 0.0395. The van der Waals surface area contributed by atoms with Crippen LogP contribution in [0.1, 0.15) is 19.4 Å². The summed E-state index contributed by atoms with van der Waals surface area (Å²) in [6.45, 7) is 7.01. The third-order valence-electron chi connectivity index (χ3n) is 4.77. The van der Waals surface area contributed by atoms with Crippen molar-refractivity contribution in [3.05, 3.63) is 71.9 Å². The number of hydrogen-bond donors (Lipinski definition) is 3. The molecule has 33 heavy (non-hydrogen) atoms. The summed E-state index contributed by atoms with van der Waals surface area (Å²) < 4.78 is 28.2. The molecule has 0 atom stereocenters. The summed E-state index contributed by atoms with van der Waals surface area (Å²) in [5, 5.41) is 11.2. The minimum Gasteiger partial charge on any atom is -0.383 e. The van der Waals surface area contributed by atoms with Crippen LogP contribution in [-0.2, 0) is 4.79 Å². The van der Waals surface area contributed by atoms with Crippen LogP contribution in [0.3, 0.4) is 0 Å². The number of benzene rings is 2. The number of amides is 1. The number of aromatic nitrogens is 1. The van der Waals surface area contributed by atoms with Gasteiger partial charge < -0.3 is 16.9 Å². The molecule has 0 aliphatic heterocycles. The van der Waals surface area contributed by atoms with E-state index in [-0.39, 0.29) is 34.7 Å². The smallest absolute Gasteiger partial charge is 0.226 e. The van der Waals surface area contributed by atoms with Crippen LogP contribution in [0.2, 0.25) is 0 Å². The van der Waals surface area contributed by atoms with Gasteiger partial charge in [-0.25, -0.2) is 18.8 Å². The normalized spacial score (nSPS) is 11.4. The predicted molar refractivity (Wildman–Crippen MR) is 127 cm³/mol. The van der Waals surface area contributed by atoms with Crippen LogP contribution in [0.15, 0.2) is 64.9 Å². The SMILES string of the molecule is C=NN(/C(=N\N)c1cc(-c2cccc(NC(=O)C(C)C)c2)cnc1N)c1cccc(F)c1F. The first-order chi connectivity index (χ1) is 15.8. The number of nitrogens with zero attached hydrogens (tertiary/aromatic N) is 4. The Kier molecular flexibility index (Phi) is 6.97. The van der Waals surface area contributed by atoms with E-state index >= 15 is 0 Å². The van der Waals surface area contributed by atoms with Crippen LogP contribution >= 0.6 is 0 Å². The van der Waals surface area contributed by atoms with Crippen LogP contribution in [0.4, 0.5) is 26.0 Å². The molecular weight excluding hydrogens is 428 g/mol. The highest BCUT2D eigenvalue weighted by molar-refractivity contribution is 6.12. The van der Waals surface area contributed by atoms with E-state index in [0.29, 0.717) is 11.3 Å². The summed E-state index contributed by atoms with van der Waals surface area (Å²) >= 11 is 0. The maximum absolute atomic E-state index is 14.4. The molecule has 3 aromatic rings. The van der Waals surface area contributed by atoms with E-state index < -0.39 is 11.6 Å². The standard InChI is InChI=1S/C23H23F2N7O/c1-13(2)23(33)30-16-7-4-6-14(10-16)15-11-17(21(26)29-12-15)22(31-27)32(28-3)19-9-5-8-18(24)20(19)25/h4-13H,3,27H2,1-2H3,(H2,26,29)(H,30,33)/b31-22-. The van der Waals surface area contributed by atoms with Gasteiger partial charge in [0.15, 0.2) is 17.5 Å². The first kappa shape index (κ1) is 23.3. The zero-order chi connectivity index (χ0) is 24.1. The Balaban J connectivity index is 2.04. The molecule has 0 saturated heterocycles. The van der Waals surface area contributed by atoms with Crippen LogP contribution in [-0.4, -0.2) is 23.4 Å². The van der Waals surface area contributed by atoms with Crippen molar-refractivity contribution >= 4 is 35.7 Å². The summed E-state index contributed by atoms with van der Waals surface area (Å²) in [6.07, 6.45) is 1.53. The molecule has 1 amide bonds. The molecule has 0 aliphatic carbocycles. The Labute approximate surface area is 189 Å². The largest absolute Gasteiger partial charge is 0.383 e. The molecule has 1 aromatic heterocycles. The molecule has 1 heterocycles. The Hall–Kier alpha value is -4.34. The van der Waals surface area contributed by atoms with Gasteiger partial charge in [0.1, 0.15) is 11.5 Å². The van der Waals surface area contributed by atoms with Gasteiger partial charge in [0.05, 0.1) is 5.56 Å². The molecule has 0 spiro atoms. The number of carbonyl (C=O) groups is 1. The Morgan fingerprint density at radius 2 is 1.88 bits per heavy atom. The number of hydrazone groups is 2. The maximum atomic E-state index is 14.4. The van der Waals surface area contributed by atoms with Gasteiger partial charge in [-0.3, -0.25) is 4.79 Å². The second-order valence-corrected chi connectivity index (χ2v) is 7.36. The highest BCUT2D eigenvalue weighted by atomic mass is 19.2. The molecule has 10 heteroatoms. The summed E-state index contributed by atoms with van der Waals surface area (Å²) in [7, 11) is 0. The molecule has 170 valence electrons. The van der Waals surface area contributed by atoms with Gasteiger partial charge in [0, 0.05) is 30.1 Å². The maximum Gasteiger partial charge on any atom is 0.226 e. The predicted octanol–water partition coefficient (Wildman–Crippen LogP) is 3.95. The highest BCUT2D eigenvalue weighted by Crippen LogP contribution is 2.28. The van der Waals surface area contributed by atoms with Crippen molar-refractivity contribution < 1.29 is 13.6 Å². The lowest BCUT2D eigenvalue weighted by molar-refractivity contribution is -0.118. The highest BCUT2D eigenvalue weighted by Gasteiger charge is 2.23. The first-order valence-electron chi connectivity index (χ1n) is 9.92. The van der Waals surface area contributed by atoms with E-state index in [9.17, 15) is 13.6 Å². The topological polar surface area (TPSA) is 122 Å². The van der Waals surface area contributed by atoms with Gasteiger partial charge in [-0.2, -0.15) is 10.2 Å². The number of amidine groups is 1. The van der Waals surface area contributed by atoms with Crippen molar-refractivity contribution in [2.45, 2.75) is 13.8 Å². The van der Waals surface area contributed by atoms with Crippen molar-refractivity contribution in [3.63, 3.8) is 0 Å². The second-order valence-electron chi connectivity index (χ2n) is 7.36. The van der Waals surface area contributed by atoms with E-state index in [1.807, 2.05) is 6.07 Å². The quantitative estimate of drug-likeness (QED) is 0.227. The van der Waals surface area contributed by atoms with Crippen LogP contribution in [0, 0.1) is 17.6 Å². The van der Waals surface area contributed by atoms with Gasteiger partial charge in [0.2, 0.25) is 5.91 Å². The number of nitrogen functional groups attached to an aromatic ring is 1. The fourth-order valence-electron chi connectivity index (χ4n) is 3.03. The van der Waals surface area contributed by atoms with Crippen LogP contribution < -0.4 is 21.9 Å². The molecular formula is C23H23F2N7O. The average Bonchev–Trinajstić information content (AvgIpc) is 2.80. The molecule has 0 saturated carbocycles. The Morgan fingerprint density at radius 3 is 2.55 bits per heavy atom. The van der Waals surface area contributed by atoms with E-state index in [4.69, 9.17) is 11.6 Å². The molecule has 8 nitrogen and oxygen atoms in total. The monoisotopic (exact) mass is 451 g/mol. The number of anilines is 3. The van der Waals surface area contributed by atoms with Gasteiger partial charge >= 0.3 is 0 Å². The third-order valence-corrected chi connectivity index (χ3v) is 4.77. The Morgan fingerprint density at radius 1 is 1.15 bits per heavy atom.